The van der Waals surface area contributed by atoms with Crippen LogP contribution in [0.2, 0.25) is 0 Å². The van der Waals surface area contributed by atoms with Crippen molar-refractivity contribution in [3.05, 3.63) is 84.4 Å². The normalized spacial score (nSPS) is 10.6. The van der Waals surface area contributed by atoms with E-state index in [2.05, 4.69) is 15.5 Å². The first-order chi connectivity index (χ1) is 17.1. The first-order valence-corrected chi connectivity index (χ1v) is 11.9. The zero-order chi connectivity index (χ0) is 24.6. The van der Waals surface area contributed by atoms with Crippen LogP contribution < -0.4 is 10.1 Å². The Morgan fingerprint density at radius 3 is 2.31 bits per heavy atom. The van der Waals surface area contributed by atoms with Crippen molar-refractivity contribution in [2.24, 2.45) is 0 Å². The Morgan fingerprint density at radius 2 is 1.66 bits per heavy atom. The Morgan fingerprint density at radius 1 is 0.943 bits per heavy atom. The summed E-state index contributed by atoms with van der Waals surface area (Å²) in [5.74, 6) is 0.941. The molecule has 0 bridgehead atoms. The quantitative estimate of drug-likeness (QED) is 0.266. The highest BCUT2D eigenvalue weighted by molar-refractivity contribution is 7.99. The Labute approximate surface area is 207 Å². The van der Waals surface area contributed by atoms with E-state index >= 15 is 0 Å². The summed E-state index contributed by atoms with van der Waals surface area (Å²) in [4.78, 5) is 24.3. The molecule has 1 aromatic heterocycles. The second-order valence-corrected chi connectivity index (χ2v) is 8.27. The Bertz CT molecular complexity index is 1290. The number of anilines is 1. The van der Waals surface area contributed by atoms with Gasteiger partial charge in [0.2, 0.25) is 0 Å². The highest BCUT2D eigenvalue weighted by atomic mass is 32.2. The minimum absolute atomic E-state index is 0.118. The number of ether oxygens (including phenoxy) is 2. The number of nitrogens with zero attached hydrogens (tertiary/aromatic N) is 3. The molecule has 0 saturated heterocycles. The van der Waals surface area contributed by atoms with Gasteiger partial charge in [-0.1, -0.05) is 30.0 Å². The van der Waals surface area contributed by atoms with Crippen LogP contribution in [0.25, 0.3) is 17.1 Å². The molecule has 0 saturated carbocycles. The fraction of sp³-hybridized carbons (Fsp3) is 0.154. The van der Waals surface area contributed by atoms with Crippen LogP contribution in [0.4, 0.5) is 5.69 Å². The molecule has 0 radical (unpaired) electrons. The maximum absolute atomic E-state index is 12.4. The highest BCUT2D eigenvalue weighted by Gasteiger charge is 2.18. The summed E-state index contributed by atoms with van der Waals surface area (Å²) in [6.45, 7) is 2.09. The van der Waals surface area contributed by atoms with Gasteiger partial charge in [0.15, 0.2) is 11.0 Å². The van der Waals surface area contributed by atoms with E-state index in [0.717, 1.165) is 17.0 Å². The molecule has 35 heavy (non-hydrogen) atoms. The van der Waals surface area contributed by atoms with Crippen molar-refractivity contribution in [2.75, 3.05) is 24.8 Å². The van der Waals surface area contributed by atoms with Crippen molar-refractivity contribution in [1.29, 1.82) is 0 Å². The van der Waals surface area contributed by atoms with E-state index < -0.39 is 0 Å². The van der Waals surface area contributed by atoms with E-state index in [1.807, 2.05) is 71.3 Å². The van der Waals surface area contributed by atoms with Gasteiger partial charge in [-0.05, 0) is 67.6 Å². The number of amides is 1. The molecule has 1 heterocycles. The lowest BCUT2D eigenvalue weighted by Gasteiger charge is -2.12. The molecule has 4 rings (SSSR count). The zero-order valence-corrected chi connectivity index (χ0v) is 20.1. The SMILES string of the molecule is CCOC(=O)CSc1nnc(-c2ccc(NC(=O)c3ccccc3)cc2)n1-c1ccc(OC)cc1. The number of methoxy groups -OCH3 is 1. The van der Waals surface area contributed by atoms with E-state index in [1.54, 1.807) is 26.2 Å². The van der Waals surface area contributed by atoms with Gasteiger partial charge in [-0.25, -0.2) is 0 Å². The first kappa shape index (κ1) is 24.0. The van der Waals surface area contributed by atoms with Crippen LogP contribution in [-0.2, 0) is 9.53 Å². The Hall–Kier alpha value is -4.11. The number of nitrogens with one attached hydrogen (secondary N) is 1. The van der Waals surface area contributed by atoms with Crippen molar-refractivity contribution in [1.82, 2.24) is 14.8 Å². The first-order valence-electron chi connectivity index (χ1n) is 10.9. The van der Waals surface area contributed by atoms with Crippen LogP contribution in [-0.4, -0.2) is 46.1 Å². The summed E-state index contributed by atoms with van der Waals surface area (Å²) in [5, 5.41) is 12.2. The van der Waals surface area contributed by atoms with E-state index in [0.29, 0.717) is 28.8 Å². The maximum Gasteiger partial charge on any atom is 0.316 e. The smallest absolute Gasteiger partial charge is 0.316 e. The number of benzene rings is 3. The summed E-state index contributed by atoms with van der Waals surface area (Å²) in [6, 6.07) is 23.9. The molecule has 0 spiro atoms. The van der Waals surface area contributed by atoms with Gasteiger partial charge in [-0.2, -0.15) is 0 Å². The van der Waals surface area contributed by atoms with Crippen molar-refractivity contribution in [2.45, 2.75) is 12.1 Å². The molecule has 1 N–H and O–H groups in total. The molecule has 0 fully saturated rings. The molecule has 9 heteroatoms. The number of hydrogen-bond acceptors (Lipinski definition) is 7. The average molecular weight is 489 g/mol. The van der Waals surface area contributed by atoms with Gasteiger partial charge in [0, 0.05) is 22.5 Å². The summed E-state index contributed by atoms with van der Waals surface area (Å²) >= 11 is 1.25. The molecule has 1 amide bonds. The fourth-order valence-electron chi connectivity index (χ4n) is 3.34. The van der Waals surface area contributed by atoms with Crippen LogP contribution in [0.15, 0.2) is 84.0 Å². The molecule has 0 aliphatic rings. The average Bonchev–Trinajstić information content (AvgIpc) is 3.32. The van der Waals surface area contributed by atoms with Crippen molar-refractivity contribution in [3.8, 4) is 22.8 Å². The molecule has 0 atom stereocenters. The van der Waals surface area contributed by atoms with Crippen LogP contribution >= 0.6 is 11.8 Å². The molecule has 0 aliphatic heterocycles. The van der Waals surface area contributed by atoms with E-state index in [4.69, 9.17) is 9.47 Å². The van der Waals surface area contributed by atoms with Gasteiger partial charge in [0.05, 0.1) is 19.5 Å². The molecule has 178 valence electrons. The molecule has 8 nitrogen and oxygen atoms in total. The van der Waals surface area contributed by atoms with Crippen LogP contribution in [0.1, 0.15) is 17.3 Å². The minimum Gasteiger partial charge on any atom is -0.497 e. The molecular formula is C26H24N4O4S. The predicted octanol–water partition coefficient (Wildman–Crippen LogP) is 4.85. The van der Waals surface area contributed by atoms with Crippen molar-refractivity contribution < 1.29 is 19.1 Å². The van der Waals surface area contributed by atoms with Crippen LogP contribution in [0.5, 0.6) is 5.75 Å². The van der Waals surface area contributed by atoms with Crippen molar-refractivity contribution in [3.63, 3.8) is 0 Å². The third kappa shape index (κ3) is 5.88. The number of rotatable bonds is 9. The fourth-order valence-corrected chi connectivity index (χ4v) is 4.09. The summed E-state index contributed by atoms with van der Waals surface area (Å²) in [5.41, 5.74) is 2.86. The van der Waals surface area contributed by atoms with Gasteiger partial charge in [0.25, 0.3) is 5.91 Å². The Balaban J connectivity index is 1.61. The van der Waals surface area contributed by atoms with Gasteiger partial charge in [-0.15, -0.1) is 10.2 Å². The third-order valence-corrected chi connectivity index (χ3v) is 5.93. The molecular weight excluding hydrogens is 464 g/mol. The lowest BCUT2D eigenvalue weighted by molar-refractivity contribution is -0.139. The number of esters is 1. The summed E-state index contributed by atoms with van der Waals surface area (Å²) < 4.78 is 12.2. The van der Waals surface area contributed by atoms with Gasteiger partial charge < -0.3 is 14.8 Å². The molecule has 4 aromatic rings. The topological polar surface area (TPSA) is 95.3 Å². The van der Waals surface area contributed by atoms with E-state index in [1.165, 1.54) is 11.8 Å². The van der Waals surface area contributed by atoms with Gasteiger partial charge in [0.1, 0.15) is 5.75 Å². The second-order valence-electron chi connectivity index (χ2n) is 7.33. The number of thioether (sulfide) groups is 1. The standard InChI is InChI=1S/C26H24N4O4S/c1-3-34-23(31)17-35-26-29-28-24(30(26)21-13-15-22(33-2)16-14-21)18-9-11-20(12-10-18)27-25(32)19-7-5-4-6-8-19/h4-16H,3,17H2,1-2H3,(H,27,32). The number of carbonyl (C=O) groups is 2. The van der Waals surface area contributed by atoms with Crippen molar-refractivity contribution >= 4 is 29.3 Å². The number of hydrogen-bond donors (Lipinski definition) is 1. The maximum atomic E-state index is 12.4. The lowest BCUT2D eigenvalue weighted by atomic mass is 10.1. The molecule has 3 aromatic carbocycles. The lowest BCUT2D eigenvalue weighted by Crippen LogP contribution is -2.11. The van der Waals surface area contributed by atoms with E-state index in [9.17, 15) is 9.59 Å². The molecule has 0 unspecified atom stereocenters. The van der Waals surface area contributed by atoms with E-state index in [-0.39, 0.29) is 17.6 Å². The minimum atomic E-state index is -0.318. The number of aromatic nitrogens is 3. The Kier molecular flexibility index (Phi) is 7.79. The number of carbonyl (C=O) groups excluding carboxylic acids is 2. The monoisotopic (exact) mass is 488 g/mol. The second kappa shape index (κ2) is 11.3. The molecule has 0 aliphatic carbocycles. The highest BCUT2D eigenvalue weighted by Crippen LogP contribution is 2.29. The largest absolute Gasteiger partial charge is 0.497 e. The van der Waals surface area contributed by atoms with Crippen LogP contribution in [0, 0.1) is 0 Å². The third-order valence-electron chi connectivity index (χ3n) is 5.03. The summed E-state index contributed by atoms with van der Waals surface area (Å²) in [7, 11) is 1.61. The zero-order valence-electron chi connectivity index (χ0n) is 19.3. The predicted molar refractivity (Wildman–Crippen MR) is 135 cm³/mol. The van der Waals surface area contributed by atoms with Crippen LogP contribution in [0.3, 0.4) is 0 Å². The van der Waals surface area contributed by atoms with Gasteiger partial charge in [-0.3, -0.25) is 14.2 Å². The summed E-state index contributed by atoms with van der Waals surface area (Å²) in [6.07, 6.45) is 0. The van der Waals surface area contributed by atoms with Gasteiger partial charge >= 0.3 is 5.97 Å².